The zero-order valence-corrected chi connectivity index (χ0v) is 6.30. The van der Waals surface area contributed by atoms with Gasteiger partial charge in [-0.15, -0.1) is 0 Å². The molecule has 0 radical (unpaired) electrons. The minimum absolute atomic E-state index is 0.428. The summed E-state index contributed by atoms with van der Waals surface area (Å²) >= 11 is 0. The molecule has 0 saturated carbocycles. The maximum Gasteiger partial charge on any atom is 0.207 e. The van der Waals surface area contributed by atoms with Crippen LogP contribution in [0.4, 0.5) is 0 Å². The molecule has 4 heteroatoms. The molecule has 0 aliphatic carbocycles. The summed E-state index contributed by atoms with van der Waals surface area (Å²) in [5, 5.41) is 8.82. The summed E-state index contributed by atoms with van der Waals surface area (Å²) in [6.45, 7) is 1.97. The molecular formula is C6H14N4. The van der Waals surface area contributed by atoms with Crippen molar-refractivity contribution in [2.45, 2.75) is 12.8 Å². The van der Waals surface area contributed by atoms with Gasteiger partial charge in [0.1, 0.15) is 0 Å². The van der Waals surface area contributed by atoms with Gasteiger partial charge >= 0.3 is 0 Å². The van der Waals surface area contributed by atoms with Gasteiger partial charge in [-0.1, -0.05) is 0 Å². The van der Waals surface area contributed by atoms with Crippen LogP contribution in [-0.4, -0.2) is 36.0 Å². The van der Waals surface area contributed by atoms with E-state index in [1.165, 1.54) is 17.9 Å². The number of nitrogens with one attached hydrogen (secondary N) is 1. The van der Waals surface area contributed by atoms with Gasteiger partial charge in [0.05, 0.1) is 0 Å². The Balaban J connectivity index is 2.40. The van der Waals surface area contributed by atoms with Crippen molar-refractivity contribution >= 4 is 5.96 Å². The average Bonchev–Trinajstić information content (AvgIpc) is 2.36. The molecule has 0 spiro atoms. The highest BCUT2D eigenvalue weighted by atomic mass is 15.5. The van der Waals surface area contributed by atoms with E-state index in [4.69, 9.17) is 11.3 Å². The quantitative estimate of drug-likeness (QED) is 0.213. The normalized spacial score (nSPS) is 17.6. The third-order valence-electron chi connectivity index (χ3n) is 1.74. The summed E-state index contributed by atoms with van der Waals surface area (Å²) in [4.78, 5) is 1.99. The molecule has 0 amide bonds. The van der Waals surface area contributed by atoms with Crippen LogP contribution in [0.3, 0.4) is 0 Å². The SMILES string of the molecule is CN(N)C(=N)N1CCCC1. The summed E-state index contributed by atoms with van der Waals surface area (Å²) in [6, 6.07) is 0. The Kier molecular flexibility index (Phi) is 2.11. The van der Waals surface area contributed by atoms with E-state index in [-0.39, 0.29) is 0 Å². The summed E-state index contributed by atoms with van der Waals surface area (Å²) in [7, 11) is 1.70. The van der Waals surface area contributed by atoms with Gasteiger partial charge in [-0.25, -0.2) is 5.84 Å². The number of nitrogens with two attached hydrogens (primary N) is 1. The molecule has 1 saturated heterocycles. The monoisotopic (exact) mass is 142 g/mol. The fourth-order valence-corrected chi connectivity index (χ4v) is 1.15. The van der Waals surface area contributed by atoms with Crippen molar-refractivity contribution in [1.29, 1.82) is 5.41 Å². The fourth-order valence-electron chi connectivity index (χ4n) is 1.15. The Hall–Kier alpha value is -0.770. The number of nitrogens with zero attached hydrogens (tertiary/aromatic N) is 2. The standard InChI is InChI=1S/C6H14N4/c1-9(8)6(7)10-4-2-3-5-10/h7H,2-5,8H2,1H3. The second kappa shape index (κ2) is 2.88. The van der Waals surface area contributed by atoms with E-state index in [0.717, 1.165) is 13.1 Å². The van der Waals surface area contributed by atoms with Crippen LogP contribution in [-0.2, 0) is 0 Å². The van der Waals surface area contributed by atoms with E-state index >= 15 is 0 Å². The molecule has 0 aromatic carbocycles. The summed E-state index contributed by atoms with van der Waals surface area (Å²) in [5.74, 6) is 5.81. The average molecular weight is 142 g/mol. The van der Waals surface area contributed by atoms with Crippen molar-refractivity contribution in [3.05, 3.63) is 0 Å². The zero-order valence-electron chi connectivity index (χ0n) is 6.30. The maximum absolute atomic E-state index is 7.47. The largest absolute Gasteiger partial charge is 0.342 e. The molecule has 1 aliphatic heterocycles. The lowest BCUT2D eigenvalue weighted by Crippen LogP contribution is -2.43. The van der Waals surface area contributed by atoms with Gasteiger partial charge in [0, 0.05) is 20.1 Å². The fraction of sp³-hybridized carbons (Fsp3) is 0.833. The molecule has 0 bridgehead atoms. The van der Waals surface area contributed by atoms with Crippen LogP contribution in [0, 0.1) is 5.41 Å². The third kappa shape index (κ3) is 1.39. The first kappa shape index (κ1) is 7.34. The van der Waals surface area contributed by atoms with E-state index in [0.29, 0.717) is 5.96 Å². The van der Waals surface area contributed by atoms with Crippen molar-refractivity contribution in [1.82, 2.24) is 9.91 Å². The first-order valence-electron chi connectivity index (χ1n) is 3.54. The highest BCUT2D eigenvalue weighted by molar-refractivity contribution is 5.76. The lowest BCUT2D eigenvalue weighted by atomic mass is 10.4. The zero-order chi connectivity index (χ0) is 7.56. The van der Waals surface area contributed by atoms with Crippen molar-refractivity contribution < 1.29 is 0 Å². The van der Waals surface area contributed by atoms with Crippen molar-refractivity contribution in [3.8, 4) is 0 Å². The van der Waals surface area contributed by atoms with Gasteiger partial charge in [0.2, 0.25) is 5.96 Å². The number of hydrogen-bond acceptors (Lipinski definition) is 2. The molecule has 10 heavy (non-hydrogen) atoms. The highest BCUT2D eigenvalue weighted by Crippen LogP contribution is 2.07. The van der Waals surface area contributed by atoms with Crippen LogP contribution in [0.5, 0.6) is 0 Å². The van der Waals surface area contributed by atoms with Gasteiger partial charge < -0.3 is 4.90 Å². The molecule has 0 atom stereocenters. The second-order valence-electron chi connectivity index (χ2n) is 2.63. The highest BCUT2D eigenvalue weighted by Gasteiger charge is 2.15. The number of hydrazine groups is 1. The lowest BCUT2D eigenvalue weighted by molar-refractivity contribution is 0.397. The summed E-state index contributed by atoms with van der Waals surface area (Å²) in [5.41, 5.74) is 0. The van der Waals surface area contributed by atoms with Crippen molar-refractivity contribution in [3.63, 3.8) is 0 Å². The van der Waals surface area contributed by atoms with Crippen LogP contribution in [0.25, 0.3) is 0 Å². The van der Waals surface area contributed by atoms with Crippen LogP contribution in [0.15, 0.2) is 0 Å². The maximum atomic E-state index is 7.47. The minimum Gasteiger partial charge on any atom is -0.342 e. The van der Waals surface area contributed by atoms with Crippen molar-refractivity contribution in [2.24, 2.45) is 5.84 Å². The van der Waals surface area contributed by atoms with Crippen molar-refractivity contribution in [2.75, 3.05) is 20.1 Å². The Bertz CT molecular complexity index is 126. The minimum atomic E-state index is 0.428. The second-order valence-corrected chi connectivity index (χ2v) is 2.63. The molecule has 4 nitrogen and oxygen atoms in total. The van der Waals surface area contributed by atoms with E-state index in [1.807, 2.05) is 4.90 Å². The number of likely N-dealkylation sites (tertiary alicyclic amines) is 1. The van der Waals surface area contributed by atoms with E-state index in [1.54, 1.807) is 7.05 Å². The molecule has 0 aromatic rings. The van der Waals surface area contributed by atoms with Gasteiger partial charge in [0.25, 0.3) is 0 Å². The van der Waals surface area contributed by atoms with Crippen LogP contribution < -0.4 is 5.84 Å². The lowest BCUT2D eigenvalue weighted by Gasteiger charge is -2.23. The molecule has 1 aliphatic rings. The predicted octanol–water partition coefficient (Wildman–Crippen LogP) is -0.178. The van der Waals surface area contributed by atoms with Crippen LogP contribution >= 0.6 is 0 Å². The Labute approximate surface area is 61.1 Å². The van der Waals surface area contributed by atoms with Gasteiger partial charge in [-0.05, 0) is 12.8 Å². The molecule has 0 aromatic heterocycles. The smallest absolute Gasteiger partial charge is 0.207 e. The first-order valence-corrected chi connectivity index (χ1v) is 3.54. The topological polar surface area (TPSA) is 56.4 Å². The Morgan fingerprint density at radius 2 is 2.00 bits per heavy atom. The van der Waals surface area contributed by atoms with Gasteiger partial charge in [-0.2, -0.15) is 0 Å². The summed E-state index contributed by atoms with van der Waals surface area (Å²) < 4.78 is 0. The molecular weight excluding hydrogens is 128 g/mol. The van der Waals surface area contributed by atoms with Crippen LogP contribution in [0.2, 0.25) is 0 Å². The van der Waals surface area contributed by atoms with Crippen LogP contribution in [0.1, 0.15) is 12.8 Å². The Morgan fingerprint density at radius 3 is 2.40 bits per heavy atom. The van der Waals surface area contributed by atoms with E-state index in [9.17, 15) is 0 Å². The van der Waals surface area contributed by atoms with E-state index in [2.05, 4.69) is 0 Å². The first-order chi connectivity index (χ1) is 4.72. The molecule has 1 rings (SSSR count). The molecule has 1 fully saturated rings. The number of guanidine groups is 1. The third-order valence-corrected chi connectivity index (χ3v) is 1.74. The van der Waals surface area contributed by atoms with Gasteiger partial charge in [0.15, 0.2) is 0 Å². The number of rotatable bonds is 0. The number of hydrogen-bond donors (Lipinski definition) is 2. The summed E-state index contributed by atoms with van der Waals surface area (Å²) in [6.07, 6.45) is 2.38. The molecule has 58 valence electrons. The molecule has 0 unspecified atom stereocenters. The van der Waals surface area contributed by atoms with Gasteiger partial charge in [-0.3, -0.25) is 10.4 Å². The Morgan fingerprint density at radius 1 is 1.50 bits per heavy atom. The molecule has 3 N–H and O–H groups in total. The molecule has 1 heterocycles. The predicted molar refractivity (Wildman–Crippen MR) is 40.5 cm³/mol. The van der Waals surface area contributed by atoms with E-state index < -0.39 is 0 Å².